The zero-order valence-corrected chi connectivity index (χ0v) is 15.3. The third-order valence-corrected chi connectivity index (χ3v) is 5.45. The highest BCUT2D eigenvalue weighted by molar-refractivity contribution is 6.01. The van der Waals surface area contributed by atoms with Gasteiger partial charge in [-0.25, -0.2) is 4.79 Å². The van der Waals surface area contributed by atoms with Gasteiger partial charge >= 0.3 is 6.09 Å². The van der Waals surface area contributed by atoms with Crippen molar-refractivity contribution in [1.29, 1.82) is 0 Å². The average Bonchev–Trinajstić information content (AvgIpc) is 3.10. The molecule has 1 aromatic heterocycles. The van der Waals surface area contributed by atoms with Crippen LogP contribution in [0.15, 0.2) is 18.2 Å². The predicted molar refractivity (Wildman–Crippen MR) is 96.6 cm³/mol. The van der Waals surface area contributed by atoms with E-state index in [0.717, 1.165) is 35.1 Å². The molecule has 1 spiro atoms. The Labute approximate surface area is 151 Å². The van der Waals surface area contributed by atoms with E-state index in [2.05, 4.69) is 4.98 Å². The second kappa shape index (κ2) is 5.93. The molecular weight excluding hydrogens is 334 g/mol. The SMILES string of the molecule is COc1ccc2[nH]c(C(=O)N3CCCC4(CN(C)C(=O)O4)C3)c(C)c2c1. The first-order valence-corrected chi connectivity index (χ1v) is 8.82. The van der Waals surface area contributed by atoms with Crippen molar-refractivity contribution in [3.05, 3.63) is 29.5 Å². The van der Waals surface area contributed by atoms with Crippen molar-refractivity contribution in [1.82, 2.24) is 14.8 Å². The van der Waals surface area contributed by atoms with Crippen LogP contribution in [-0.4, -0.2) is 66.2 Å². The summed E-state index contributed by atoms with van der Waals surface area (Å²) in [6, 6.07) is 5.73. The maximum Gasteiger partial charge on any atom is 0.410 e. The molecule has 138 valence electrons. The Hall–Kier alpha value is -2.70. The van der Waals surface area contributed by atoms with Crippen LogP contribution in [0.4, 0.5) is 4.79 Å². The number of methoxy groups -OCH3 is 1. The van der Waals surface area contributed by atoms with Crippen LogP contribution in [0.2, 0.25) is 0 Å². The normalized spacial score (nSPS) is 23.0. The molecule has 0 aliphatic carbocycles. The number of benzene rings is 1. The minimum Gasteiger partial charge on any atom is -0.497 e. The summed E-state index contributed by atoms with van der Waals surface area (Å²) >= 11 is 0. The minimum absolute atomic E-state index is 0.0534. The number of ether oxygens (including phenoxy) is 2. The van der Waals surface area contributed by atoms with E-state index in [4.69, 9.17) is 9.47 Å². The number of likely N-dealkylation sites (tertiary alicyclic amines) is 1. The summed E-state index contributed by atoms with van der Waals surface area (Å²) < 4.78 is 10.9. The lowest BCUT2D eigenvalue weighted by molar-refractivity contribution is -0.00540. The van der Waals surface area contributed by atoms with Crippen molar-refractivity contribution in [3.63, 3.8) is 0 Å². The average molecular weight is 357 g/mol. The van der Waals surface area contributed by atoms with E-state index in [1.54, 1.807) is 24.0 Å². The Balaban J connectivity index is 1.62. The number of aromatic amines is 1. The number of likely N-dealkylation sites (N-methyl/N-ethyl adjacent to an activating group) is 1. The maximum absolute atomic E-state index is 13.2. The molecule has 4 rings (SSSR count). The van der Waals surface area contributed by atoms with Gasteiger partial charge in [-0.05, 0) is 43.5 Å². The number of nitrogens with one attached hydrogen (secondary N) is 1. The highest BCUT2D eigenvalue weighted by atomic mass is 16.6. The molecule has 2 saturated heterocycles. The molecule has 1 aromatic carbocycles. The van der Waals surface area contributed by atoms with E-state index in [9.17, 15) is 9.59 Å². The minimum atomic E-state index is -0.580. The molecule has 2 fully saturated rings. The molecule has 0 bridgehead atoms. The second-order valence-electron chi connectivity index (χ2n) is 7.27. The second-order valence-corrected chi connectivity index (χ2v) is 7.27. The molecule has 1 atom stereocenters. The van der Waals surface area contributed by atoms with Gasteiger partial charge in [0.05, 0.1) is 20.2 Å². The van der Waals surface area contributed by atoms with Crippen molar-refractivity contribution < 1.29 is 19.1 Å². The number of carbonyl (C=O) groups is 2. The molecule has 0 radical (unpaired) electrons. The van der Waals surface area contributed by atoms with Crippen LogP contribution in [0.25, 0.3) is 10.9 Å². The number of amides is 2. The van der Waals surface area contributed by atoms with Gasteiger partial charge in [-0.3, -0.25) is 4.79 Å². The van der Waals surface area contributed by atoms with Gasteiger partial charge in [0.1, 0.15) is 17.0 Å². The number of aromatic nitrogens is 1. The topological polar surface area (TPSA) is 74.9 Å². The van der Waals surface area contributed by atoms with Crippen LogP contribution < -0.4 is 4.74 Å². The van der Waals surface area contributed by atoms with Crippen LogP contribution in [-0.2, 0) is 4.74 Å². The fourth-order valence-corrected chi connectivity index (χ4v) is 4.08. The van der Waals surface area contributed by atoms with E-state index in [1.165, 1.54) is 0 Å². The molecule has 2 aliphatic rings. The molecule has 2 aromatic rings. The molecule has 3 heterocycles. The predicted octanol–water partition coefficient (Wildman–Crippen LogP) is 2.54. The number of piperidine rings is 1. The Morgan fingerprint density at radius 2 is 2.15 bits per heavy atom. The number of H-pyrrole nitrogens is 1. The van der Waals surface area contributed by atoms with E-state index >= 15 is 0 Å². The molecule has 2 amide bonds. The van der Waals surface area contributed by atoms with Crippen molar-refractivity contribution in [2.24, 2.45) is 0 Å². The summed E-state index contributed by atoms with van der Waals surface area (Å²) in [6.45, 7) is 3.56. The molecule has 0 saturated carbocycles. The fraction of sp³-hybridized carbons (Fsp3) is 0.474. The van der Waals surface area contributed by atoms with E-state index in [1.807, 2.05) is 25.1 Å². The van der Waals surface area contributed by atoms with Crippen LogP contribution >= 0.6 is 0 Å². The standard InChI is InChI=1S/C19H23N3O4/c1-12-14-9-13(25-3)5-6-15(14)20-16(12)17(23)22-8-4-7-19(11-22)10-21(2)18(24)26-19/h5-6,9,20H,4,7-8,10-11H2,1-3H3. The summed E-state index contributed by atoms with van der Waals surface area (Å²) in [7, 11) is 3.36. The highest BCUT2D eigenvalue weighted by Gasteiger charge is 2.47. The summed E-state index contributed by atoms with van der Waals surface area (Å²) in [5, 5.41) is 0.978. The monoisotopic (exact) mass is 357 g/mol. The first-order chi connectivity index (χ1) is 12.4. The van der Waals surface area contributed by atoms with Gasteiger partial charge in [-0.15, -0.1) is 0 Å². The van der Waals surface area contributed by atoms with Gasteiger partial charge < -0.3 is 24.3 Å². The van der Waals surface area contributed by atoms with E-state index in [-0.39, 0.29) is 12.0 Å². The smallest absolute Gasteiger partial charge is 0.410 e. The maximum atomic E-state index is 13.2. The summed E-state index contributed by atoms with van der Waals surface area (Å²) in [5.74, 6) is 0.707. The largest absolute Gasteiger partial charge is 0.497 e. The highest BCUT2D eigenvalue weighted by Crippen LogP contribution is 2.33. The van der Waals surface area contributed by atoms with Gasteiger partial charge in [-0.1, -0.05) is 0 Å². The van der Waals surface area contributed by atoms with Crippen molar-refractivity contribution in [2.75, 3.05) is 33.8 Å². The lowest BCUT2D eigenvalue weighted by Gasteiger charge is -2.38. The zero-order chi connectivity index (χ0) is 18.5. The van der Waals surface area contributed by atoms with Crippen LogP contribution in [0.5, 0.6) is 5.75 Å². The van der Waals surface area contributed by atoms with Gasteiger partial charge in [0.25, 0.3) is 5.91 Å². The number of nitrogens with zero attached hydrogens (tertiary/aromatic N) is 2. The van der Waals surface area contributed by atoms with Crippen molar-refractivity contribution in [3.8, 4) is 5.75 Å². The molecular formula is C19H23N3O4. The number of rotatable bonds is 2. The van der Waals surface area contributed by atoms with E-state index < -0.39 is 5.60 Å². The Morgan fingerprint density at radius 3 is 2.85 bits per heavy atom. The third-order valence-electron chi connectivity index (χ3n) is 5.45. The molecule has 26 heavy (non-hydrogen) atoms. The number of hydrogen-bond acceptors (Lipinski definition) is 4. The summed E-state index contributed by atoms with van der Waals surface area (Å²) in [6.07, 6.45) is 1.29. The van der Waals surface area contributed by atoms with Gasteiger partial charge in [0, 0.05) is 24.5 Å². The van der Waals surface area contributed by atoms with Gasteiger partial charge in [-0.2, -0.15) is 0 Å². The lowest BCUT2D eigenvalue weighted by Crippen LogP contribution is -2.52. The van der Waals surface area contributed by atoms with Crippen LogP contribution in [0.3, 0.4) is 0 Å². The Kier molecular flexibility index (Phi) is 3.82. The fourth-order valence-electron chi connectivity index (χ4n) is 4.08. The molecule has 2 aliphatic heterocycles. The first kappa shape index (κ1) is 16.8. The van der Waals surface area contributed by atoms with Crippen molar-refractivity contribution in [2.45, 2.75) is 25.4 Å². The quantitative estimate of drug-likeness (QED) is 0.896. The van der Waals surface area contributed by atoms with Crippen molar-refractivity contribution >= 4 is 22.9 Å². The number of fused-ring (bicyclic) bond motifs is 1. The molecule has 7 nitrogen and oxygen atoms in total. The lowest BCUT2D eigenvalue weighted by atomic mass is 9.92. The van der Waals surface area contributed by atoms with Crippen LogP contribution in [0, 0.1) is 6.92 Å². The Bertz CT molecular complexity index is 890. The molecule has 7 heteroatoms. The number of aryl methyl sites for hydroxylation is 1. The Morgan fingerprint density at radius 1 is 1.35 bits per heavy atom. The van der Waals surface area contributed by atoms with Crippen LogP contribution in [0.1, 0.15) is 28.9 Å². The van der Waals surface area contributed by atoms with Gasteiger partial charge in [0.15, 0.2) is 0 Å². The summed E-state index contributed by atoms with van der Waals surface area (Å²) in [5.41, 5.74) is 1.82. The third kappa shape index (κ3) is 2.58. The molecule has 1 N–H and O–H groups in total. The zero-order valence-electron chi connectivity index (χ0n) is 15.3. The number of carbonyl (C=O) groups excluding carboxylic acids is 2. The van der Waals surface area contributed by atoms with E-state index in [0.29, 0.717) is 25.3 Å². The van der Waals surface area contributed by atoms with Gasteiger partial charge in [0.2, 0.25) is 0 Å². The number of hydrogen-bond donors (Lipinski definition) is 1. The summed E-state index contributed by atoms with van der Waals surface area (Å²) in [4.78, 5) is 31.6. The first-order valence-electron chi connectivity index (χ1n) is 8.82. The molecule has 1 unspecified atom stereocenters.